The SMILES string of the molecule is Cc1ccc(C(=O)O/N=C2\CC3(C(=O)NCc4ccco4)CCC2(C)C3(C)C)cc1. The van der Waals surface area contributed by atoms with Crippen molar-refractivity contribution in [3.05, 3.63) is 59.5 Å². The van der Waals surface area contributed by atoms with Crippen LogP contribution in [0.2, 0.25) is 0 Å². The van der Waals surface area contributed by atoms with Crippen molar-refractivity contribution in [1.29, 1.82) is 0 Å². The number of amides is 1. The number of aryl methyl sites for hydroxylation is 1. The summed E-state index contributed by atoms with van der Waals surface area (Å²) in [4.78, 5) is 31.0. The lowest BCUT2D eigenvalue weighted by atomic mass is 9.64. The van der Waals surface area contributed by atoms with Gasteiger partial charge in [-0.05, 0) is 49.4 Å². The first-order valence-electron chi connectivity index (χ1n) is 10.4. The van der Waals surface area contributed by atoms with E-state index in [2.05, 4.69) is 31.2 Å². The average Bonchev–Trinajstić information content (AvgIpc) is 3.35. The highest BCUT2D eigenvalue weighted by atomic mass is 16.7. The predicted molar refractivity (Wildman–Crippen MR) is 113 cm³/mol. The van der Waals surface area contributed by atoms with Crippen molar-refractivity contribution in [2.75, 3.05) is 0 Å². The Hall–Kier alpha value is -2.89. The number of nitrogens with one attached hydrogen (secondary N) is 1. The van der Waals surface area contributed by atoms with E-state index < -0.39 is 11.4 Å². The van der Waals surface area contributed by atoms with E-state index >= 15 is 0 Å². The van der Waals surface area contributed by atoms with Gasteiger partial charge >= 0.3 is 5.97 Å². The Morgan fingerprint density at radius 3 is 2.53 bits per heavy atom. The van der Waals surface area contributed by atoms with Gasteiger partial charge in [0.15, 0.2) is 0 Å². The van der Waals surface area contributed by atoms with Gasteiger partial charge in [-0.1, -0.05) is 43.6 Å². The van der Waals surface area contributed by atoms with Crippen LogP contribution in [0.3, 0.4) is 0 Å². The molecule has 0 aliphatic heterocycles. The molecule has 2 atom stereocenters. The van der Waals surface area contributed by atoms with E-state index in [0.717, 1.165) is 29.9 Å². The molecule has 0 radical (unpaired) electrons. The Morgan fingerprint density at radius 2 is 1.87 bits per heavy atom. The summed E-state index contributed by atoms with van der Waals surface area (Å²) < 4.78 is 5.33. The molecule has 2 aromatic rings. The highest BCUT2D eigenvalue weighted by Gasteiger charge is 2.71. The summed E-state index contributed by atoms with van der Waals surface area (Å²) in [5, 5.41) is 7.32. The smallest absolute Gasteiger partial charge is 0.365 e. The van der Waals surface area contributed by atoms with Crippen LogP contribution in [0.4, 0.5) is 0 Å². The number of carbonyl (C=O) groups excluding carboxylic acids is 2. The second kappa shape index (κ2) is 7.11. The minimum atomic E-state index is -0.580. The van der Waals surface area contributed by atoms with Crippen LogP contribution >= 0.6 is 0 Å². The molecule has 30 heavy (non-hydrogen) atoms. The van der Waals surface area contributed by atoms with Crippen LogP contribution < -0.4 is 5.32 Å². The maximum absolute atomic E-state index is 13.3. The monoisotopic (exact) mass is 408 g/mol. The van der Waals surface area contributed by atoms with Crippen LogP contribution in [-0.4, -0.2) is 17.6 Å². The van der Waals surface area contributed by atoms with Gasteiger partial charge in [-0.15, -0.1) is 0 Å². The predicted octanol–water partition coefficient (Wildman–Crippen LogP) is 4.63. The molecule has 2 aliphatic rings. The van der Waals surface area contributed by atoms with Gasteiger partial charge in [-0.3, -0.25) is 4.79 Å². The quantitative estimate of drug-likeness (QED) is 0.578. The number of fused-ring (bicyclic) bond motifs is 2. The average molecular weight is 408 g/mol. The van der Waals surface area contributed by atoms with Crippen molar-refractivity contribution in [3.8, 4) is 0 Å². The Morgan fingerprint density at radius 1 is 1.13 bits per heavy atom. The van der Waals surface area contributed by atoms with Gasteiger partial charge in [-0.2, -0.15) is 0 Å². The van der Waals surface area contributed by atoms with Crippen LogP contribution in [0.25, 0.3) is 0 Å². The fourth-order valence-electron chi connectivity index (χ4n) is 5.11. The topological polar surface area (TPSA) is 80.9 Å². The van der Waals surface area contributed by atoms with Crippen LogP contribution in [0.15, 0.2) is 52.2 Å². The van der Waals surface area contributed by atoms with E-state index in [-0.39, 0.29) is 16.7 Å². The van der Waals surface area contributed by atoms with Crippen molar-refractivity contribution in [2.45, 2.75) is 53.5 Å². The minimum Gasteiger partial charge on any atom is -0.467 e. The first kappa shape index (κ1) is 20.4. The number of nitrogens with zero attached hydrogens (tertiary/aromatic N) is 1. The molecule has 2 unspecified atom stereocenters. The fraction of sp³-hybridized carbons (Fsp3) is 0.458. The molecule has 0 spiro atoms. The number of carbonyl (C=O) groups is 2. The highest BCUT2D eigenvalue weighted by molar-refractivity contribution is 6.02. The highest BCUT2D eigenvalue weighted by Crippen LogP contribution is 2.71. The van der Waals surface area contributed by atoms with Crippen LogP contribution in [0, 0.1) is 23.2 Å². The molecule has 1 amide bonds. The maximum atomic E-state index is 13.3. The third-order valence-electron chi connectivity index (χ3n) is 7.70. The van der Waals surface area contributed by atoms with Crippen LogP contribution in [-0.2, 0) is 16.2 Å². The summed E-state index contributed by atoms with van der Waals surface area (Å²) in [6.45, 7) is 8.69. The molecule has 6 nitrogen and oxygen atoms in total. The lowest BCUT2D eigenvalue weighted by Crippen LogP contribution is -2.46. The van der Waals surface area contributed by atoms with E-state index in [0.29, 0.717) is 18.5 Å². The molecule has 1 aromatic carbocycles. The molecular formula is C24H28N2O4. The van der Waals surface area contributed by atoms with Crippen molar-refractivity contribution in [1.82, 2.24) is 5.32 Å². The summed E-state index contributed by atoms with van der Waals surface area (Å²) in [6.07, 6.45) is 3.70. The van der Waals surface area contributed by atoms with Gasteiger partial charge in [0.1, 0.15) is 5.76 Å². The van der Waals surface area contributed by atoms with E-state index in [9.17, 15) is 9.59 Å². The summed E-state index contributed by atoms with van der Waals surface area (Å²) in [5.74, 6) is 0.239. The van der Waals surface area contributed by atoms with Gasteiger partial charge in [0, 0.05) is 11.8 Å². The molecule has 1 aromatic heterocycles. The normalized spacial score (nSPS) is 27.9. The molecule has 2 bridgehead atoms. The summed E-state index contributed by atoms with van der Waals surface area (Å²) in [5.41, 5.74) is 1.12. The van der Waals surface area contributed by atoms with Gasteiger partial charge in [0.2, 0.25) is 5.91 Å². The van der Waals surface area contributed by atoms with Gasteiger partial charge in [0.25, 0.3) is 0 Å². The maximum Gasteiger partial charge on any atom is 0.365 e. The zero-order chi connectivity index (χ0) is 21.6. The standard InChI is InChI=1S/C24H28N2O4/c1-16-7-9-17(10-8-16)20(27)30-26-19-14-24(12-11-23(19,4)22(24,2)3)21(28)25-15-18-6-5-13-29-18/h5-10,13H,11-12,14-15H2,1-4H3,(H,25,28)/b26-19+. The van der Waals surface area contributed by atoms with E-state index in [1.807, 2.05) is 25.1 Å². The van der Waals surface area contributed by atoms with E-state index in [4.69, 9.17) is 9.25 Å². The number of hydrogen-bond donors (Lipinski definition) is 1. The van der Waals surface area contributed by atoms with Gasteiger partial charge < -0.3 is 14.6 Å². The van der Waals surface area contributed by atoms with Crippen molar-refractivity contribution in [3.63, 3.8) is 0 Å². The third-order valence-corrected chi connectivity index (χ3v) is 7.70. The summed E-state index contributed by atoms with van der Waals surface area (Å²) >= 11 is 0. The number of rotatable bonds is 5. The van der Waals surface area contributed by atoms with Crippen molar-refractivity contribution in [2.24, 2.45) is 21.4 Å². The molecule has 4 rings (SSSR count). The van der Waals surface area contributed by atoms with Gasteiger partial charge in [0.05, 0.1) is 29.5 Å². The number of hydrogen-bond acceptors (Lipinski definition) is 5. The minimum absolute atomic E-state index is 0.00249. The summed E-state index contributed by atoms with van der Waals surface area (Å²) in [6, 6.07) is 10.8. The lowest BCUT2D eigenvalue weighted by molar-refractivity contribution is -0.136. The molecular weight excluding hydrogens is 380 g/mol. The first-order valence-corrected chi connectivity index (χ1v) is 10.4. The van der Waals surface area contributed by atoms with Crippen LogP contribution in [0.1, 0.15) is 61.7 Å². The summed E-state index contributed by atoms with van der Waals surface area (Å²) in [7, 11) is 0. The van der Waals surface area contributed by atoms with Crippen molar-refractivity contribution < 1.29 is 18.8 Å². The largest absolute Gasteiger partial charge is 0.467 e. The Balaban J connectivity index is 1.53. The first-order chi connectivity index (χ1) is 14.2. The molecule has 1 heterocycles. The molecule has 0 saturated heterocycles. The zero-order valence-electron chi connectivity index (χ0n) is 18.0. The molecule has 1 N–H and O–H groups in total. The van der Waals surface area contributed by atoms with E-state index in [1.54, 1.807) is 24.5 Å². The number of furan rings is 1. The zero-order valence-corrected chi connectivity index (χ0v) is 18.0. The van der Waals surface area contributed by atoms with E-state index in [1.165, 1.54) is 0 Å². The molecule has 2 saturated carbocycles. The third kappa shape index (κ3) is 2.97. The Kier molecular flexibility index (Phi) is 4.83. The molecule has 2 fully saturated rings. The molecule has 2 aliphatic carbocycles. The van der Waals surface area contributed by atoms with Gasteiger partial charge in [-0.25, -0.2) is 4.79 Å². The Bertz CT molecular complexity index is 991. The fourth-order valence-corrected chi connectivity index (χ4v) is 5.11. The number of benzene rings is 1. The van der Waals surface area contributed by atoms with Crippen LogP contribution in [0.5, 0.6) is 0 Å². The lowest BCUT2D eigenvalue weighted by Gasteiger charge is -2.39. The van der Waals surface area contributed by atoms with Crippen molar-refractivity contribution >= 4 is 17.6 Å². The molecule has 158 valence electrons. The second-order valence-corrected chi connectivity index (χ2v) is 9.26. The molecule has 6 heteroatoms. The number of oxime groups is 1. The second-order valence-electron chi connectivity index (χ2n) is 9.26. The Labute approximate surface area is 176 Å².